The molecule has 0 spiro atoms. The highest BCUT2D eigenvalue weighted by Gasteiger charge is 2.38. The molecule has 0 aliphatic carbocycles. The number of nitrogens with one attached hydrogen (secondary N) is 2. The number of carbonyl (C=O) groups excluding carboxylic acids is 1. The Labute approximate surface area is 193 Å². The molecule has 184 valence electrons. The number of hydrogen-bond donors (Lipinski definition) is 3. The lowest BCUT2D eigenvalue weighted by Gasteiger charge is -2.21. The van der Waals surface area contributed by atoms with Gasteiger partial charge in [0.25, 0.3) is 0 Å². The van der Waals surface area contributed by atoms with Crippen molar-refractivity contribution in [3.63, 3.8) is 0 Å². The number of H-pyrrole nitrogens is 1. The van der Waals surface area contributed by atoms with Crippen LogP contribution in [-0.2, 0) is 22.6 Å². The van der Waals surface area contributed by atoms with Crippen molar-refractivity contribution >= 4 is 32.6 Å². The molecule has 3 N–H and O–H groups in total. The molecule has 34 heavy (non-hydrogen) atoms. The number of aliphatic hydroxyl groups is 1. The summed E-state index contributed by atoms with van der Waals surface area (Å²) in [5.74, 6) is -0.961. The molecular weight excluding hydrogens is 475 g/mol. The van der Waals surface area contributed by atoms with Gasteiger partial charge in [-0.2, -0.15) is 13.2 Å². The van der Waals surface area contributed by atoms with Crippen LogP contribution < -0.4 is 5.32 Å². The van der Waals surface area contributed by atoms with Crippen molar-refractivity contribution in [3.05, 3.63) is 41.0 Å². The van der Waals surface area contributed by atoms with Gasteiger partial charge in [0.2, 0.25) is 5.95 Å². The third kappa shape index (κ3) is 5.20. The fourth-order valence-corrected chi connectivity index (χ4v) is 4.40. The van der Waals surface area contributed by atoms with Gasteiger partial charge in [-0.15, -0.1) is 0 Å². The van der Waals surface area contributed by atoms with Crippen molar-refractivity contribution in [3.8, 4) is 0 Å². The highest BCUT2D eigenvalue weighted by Crippen LogP contribution is 2.33. The molecule has 1 unspecified atom stereocenters. The number of aliphatic hydroxyl groups excluding tert-OH is 1. The minimum absolute atomic E-state index is 0.0658. The summed E-state index contributed by atoms with van der Waals surface area (Å²) in [6.07, 6.45) is -3.11. The number of benzene rings is 1. The van der Waals surface area contributed by atoms with E-state index in [-0.39, 0.29) is 28.7 Å². The predicted molar refractivity (Wildman–Crippen MR) is 118 cm³/mol. The van der Waals surface area contributed by atoms with Gasteiger partial charge in [0.15, 0.2) is 21.3 Å². The van der Waals surface area contributed by atoms with Gasteiger partial charge in [0, 0.05) is 18.9 Å². The monoisotopic (exact) mass is 499 g/mol. The number of rotatable bonds is 8. The number of fused-ring (bicyclic) bond motifs is 1. The third-order valence-corrected chi connectivity index (χ3v) is 6.36. The minimum atomic E-state index is -4.85. The van der Waals surface area contributed by atoms with Crippen molar-refractivity contribution in [1.29, 1.82) is 0 Å². The molecule has 0 saturated carbocycles. The first kappa shape index (κ1) is 25.6. The van der Waals surface area contributed by atoms with E-state index in [0.717, 1.165) is 12.5 Å². The normalized spacial score (nSPS) is 13.4. The molecule has 0 aliphatic heterocycles. The Bertz CT molecular complexity index is 1340. The standard InChI is InChI=1S/C21H24F3N5O4S/c1-5-15(31)12-8-25-20(29-18(12)21(22,23)24)28-17(10(2)3)19-26-13-6-11(9-30)16(34(4,32)33)7-14(13)27-19/h6-8,10,17,30H,5,9H2,1-4H3,(H,26,27)(H,25,28,29). The maximum Gasteiger partial charge on any atom is 0.434 e. The smallest absolute Gasteiger partial charge is 0.392 e. The predicted octanol–water partition coefficient (Wildman–Crippen LogP) is 3.67. The van der Waals surface area contributed by atoms with Crippen LogP contribution in [0.5, 0.6) is 0 Å². The van der Waals surface area contributed by atoms with Crippen LogP contribution in [0.3, 0.4) is 0 Å². The summed E-state index contributed by atoms with van der Waals surface area (Å²) in [5, 5.41) is 12.4. The Morgan fingerprint density at radius 2 is 1.91 bits per heavy atom. The number of carbonyl (C=O) groups is 1. The second-order valence-corrected chi connectivity index (χ2v) is 10.1. The summed E-state index contributed by atoms with van der Waals surface area (Å²) >= 11 is 0. The lowest BCUT2D eigenvalue weighted by Crippen LogP contribution is -2.22. The zero-order valence-corrected chi connectivity index (χ0v) is 19.7. The number of aromatic amines is 1. The van der Waals surface area contributed by atoms with Crippen LogP contribution in [0.4, 0.5) is 19.1 Å². The first-order valence-corrected chi connectivity index (χ1v) is 12.2. The fraction of sp³-hybridized carbons (Fsp3) is 0.429. The van der Waals surface area contributed by atoms with Crippen molar-refractivity contribution in [2.24, 2.45) is 5.92 Å². The molecule has 3 aromatic rings. The molecule has 3 rings (SSSR count). The summed E-state index contributed by atoms with van der Waals surface area (Å²) in [7, 11) is -3.63. The Hall–Kier alpha value is -3.06. The summed E-state index contributed by atoms with van der Waals surface area (Å²) in [6, 6.07) is 2.11. The average Bonchev–Trinajstić information content (AvgIpc) is 3.17. The molecule has 1 atom stereocenters. The second kappa shape index (κ2) is 9.29. The van der Waals surface area contributed by atoms with Crippen molar-refractivity contribution in [2.75, 3.05) is 11.6 Å². The lowest BCUT2D eigenvalue weighted by molar-refractivity contribution is -0.141. The Morgan fingerprint density at radius 3 is 2.44 bits per heavy atom. The summed E-state index contributed by atoms with van der Waals surface area (Å²) in [6.45, 7) is 4.54. The lowest BCUT2D eigenvalue weighted by atomic mass is 10.0. The quantitative estimate of drug-likeness (QED) is 0.399. The van der Waals surface area contributed by atoms with Gasteiger partial charge in [0.1, 0.15) is 5.82 Å². The van der Waals surface area contributed by atoms with Crippen LogP contribution >= 0.6 is 0 Å². The number of aromatic nitrogens is 4. The SMILES string of the molecule is CCC(=O)c1cnc(NC(c2nc3cc(S(C)(=O)=O)c(CO)cc3[nH]2)C(C)C)nc1C(F)(F)F. The van der Waals surface area contributed by atoms with E-state index in [0.29, 0.717) is 16.9 Å². The maximum atomic E-state index is 13.5. The van der Waals surface area contributed by atoms with Crippen molar-refractivity contribution in [2.45, 2.75) is 50.9 Å². The number of Topliss-reactive ketones (excluding diaryl/α,β-unsaturated/α-hetero) is 1. The van der Waals surface area contributed by atoms with Gasteiger partial charge in [-0.25, -0.2) is 23.4 Å². The molecule has 13 heteroatoms. The topological polar surface area (TPSA) is 138 Å². The van der Waals surface area contributed by atoms with Crippen LogP contribution in [0.25, 0.3) is 11.0 Å². The second-order valence-electron chi connectivity index (χ2n) is 8.13. The van der Waals surface area contributed by atoms with E-state index >= 15 is 0 Å². The van der Waals surface area contributed by atoms with Crippen LogP contribution in [0.1, 0.15) is 60.7 Å². The molecule has 0 bridgehead atoms. The summed E-state index contributed by atoms with van der Waals surface area (Å²) in [5.41, 5.74) is -0.987. The average molecular weight is 500 g/mol. The van der Waals surface area contributed by atoms with Gasteiger partial charge in [0.05, 0.1) is 34.1 Å². The zero-order valence-electron chi connectivity index (χ0n) is 18.9. The van der Waals surface area contributed by atoms with E-state index in [9.17, 15) is 31.5 Å². The molecule has 9 nitrogen and oxygen atoms in total. The Kier molecular flexibility index (Phi) is 6.99. The largest absolute Gasteiger partial charge is 0.434 e. The van der Waals surface area contributed by atoms with E-state index in [2.05, 4.69) is 25.3 Å². The first-order valence-electron chi connectivity index (χ1n) is 10.3. The molecule has 2 aromatic heterocycles. The molecule has 1 aromatic carbocycles. The van der Waals surface area contributed by atoms with Crippen molar-refractivity contribution < 1.29 is 31.5 Å². The van der Waals surface area contributed by atoms with Crippen LogP contribution in [0.2, 0.25) is 0 Å². The van der Waals surface area contributed by atoms with Crippen LogP contribution in [0.15, 0.2) is 23.2 Å². The van der Waals surface area contributed by atoms with E-state index in [4.69, 9.17) is 0 Å². The molecule has 0 fully saturated rings. The van der Waals surface area contributed by atoms with Crippen molar-refractivity contribution in [1.82, 2.24) is 19.9 Å². The zero-order chi connectivity index (χ0) is 25.4. The first-order chi connectivity index (χ1) is 15.8. The number of hydrogen-bond acceptors (Lipinski definition) is 8. The van der Waals surface area contributed by atoms with Gasteiger partial charge < -0.3 is 15.4 Å². The number of sulfone groups is 1. The molecule has 0 saturated heterocycles. The van der Waals surface area contributed by atoms with Crippen LogP contribution in [-0.4, -0.2) is 45.5 Å². The number of nitrogens with zero attached hydrogens (tertiary/aromatic N) is 3. The number of ketones is 1. The Morgan fingerprint density at radius 1 is 1.24 bits per heavy atom. The fourth-order valence-electron chi connectivity index (χ4n) is 3.47. The third-order valence-electron chi connectivity index (χ3n) is 5.18. The van der Waals surface area contributed by atoms with Crippen LogP contribution in [0, 0.1) is 5.92 Å². The number of alkyl halides is 3. The summed E-state index contributed by atoms with van der Waals surface area (Å²) in [4.78, 5) is 26.8. The Balaban J connectivity index is 2.06. The molecule has 0 amide bonds. The van der Waals surface area contributed by atoms with Gasteiger partial charge >= 0.3 is 6.18 Å². The van der Waals surface area contributed by atoms with E-state index < -0.39 is 45.7 Å². The number of halogens is 3. The van der Waals surface area contributed by atoms with Gasteiger partial charge in [-0.05, 0) is 23.6 Å². The van der Waals surface area contributed by atoms with Gasteiger partial charge in [-0.1, -0.05) is 20.8 Å². The highest BCUT2D eigenvalue weighted by atomic mass is 32.2. The van der Waals surface area contributed by atoms with E-state index in [1.54, 1.807) is 13.8 Å². The van der Waals surface area contributed by atoms with E-state index in [1.807, 2.05) is 0 Å². The highest BCUT2D eigenvalue weighted by molar-refractivity contribution is 7.90. The number of anilines is 1. The van der Waals surface area contributed by atoms with E-state index in [1.165, 1.54) is 19.1 Å². The van der Waals surface area contributed by atoms with Gasteiger partial charge in [-0.3, -0.25) is 4.79 Å². The minimum Gasteiger partial charge on any atom is -0.392 e. The molecule has 2 heterocycles. The summed E-state index contributed by atoms with van der Waals surface area (Å²) < 4.78 is 64.7. The maximum absolute atomic E-state index is 13.5. The number of imidazole rings is 1. The molecular formula is C21H24F3N5O4S. The molecule has 0 radical (unpaired) electrons. The molecule has 0 aliphatic rings.